The summed E-state index contributed by atoms with van der Waals surface area (Å²) < 4.78 is 0. The van der Waals surface area contributed by atoms with Crippen molar-refractivity contribution in [1.29, 1.82) is 0 Å². The Labute approximate surface area is 112 Å². The van der Waals surface area contributed by atoms with Gasteiger partial charge in [-0.15, -0.1) is 0 Å². The number of carbonyl (C=O) groups is 1. The maximum Gasteiger partial charge on any atom is 0.249 e. The quantitative estimate of drug-likeness (QED) is 0.839. The Bertz CT molecular complexity index is 670. The van der Waals surface area contributed by atoms with Gasteiger partial charge in [0.05, 0.1) is 0 Å². The highest BCUT2D eigenvalue weighted by molar-refractivity contribution is 5.99. The lowest BCUT2D eigenvalue weighted by molar-refractivity contribution is -0.112. The van der Waals surface area contributed by atoms with Gasteiger partial charge in [0.1, 0.15) is 5.82 Å². The smallest absolute Gasteiger partial charge is 0.249 e. The lowest BCUT2D eigenvalue weighted by Crippen LogP contribution is -2.10. The van der Waals surface area contributed by atoms with Crippen LogP contribution in [0.2, 0.25) is 0 Å². The molecule has 0 aliphatic heterocycles. The molecule has 4 heteroatoms. The second kappa shape index (κ2) is 5.18. The minimum absolute atomic E-state index is 0.170. The molecule has 4 nitrogen and oxygen atoms in total. The van der Waals surface area contributed by atoms with Crippen LogP contribution in [0.4, 0.5) is 5.82 Å². The van der Waals surface area contributed by atoms with Crippen LogP contribution in [0.1, 0.15) is 25.1 Å². The van der Waals surface area contributed by atoms with Gasteiger partial charge in [0.15, 0.2) is 5.65 Å². The van der Waals surface area contributed by atoms with E-state index in [1.165, 1.54) is 0 Å². The summed E-state index contributed by atoms with van der Waals surface area (Å²) in [5.41, 5.74) is 3.66. The summed E-state index contributed by atoms with van der Waals surface area (Å²) in [6.45, 7) is 7.71. The van der Waals surface area contributed by atoms with Gasteiger partial charge in [-0.25, -0.2) is 9.97 Å². The van der Waals surface area contributed by atoms with Gasteiger partial charge >= 0.3 is 0 Å². The van der Waals surface area contributed by atoms with Gasteiger partial charge in [0.25, 0.3) is 0 Å². The zero-order valence-corrected chi connectivity index (χ0v) is 11.6. The van der Waals surface area contributed by atoms with Crippen molar-refractivity contribution in [2.75, 3.05) is 5.32 Å². The topological polar surface area (TPSA) is 54.9 Å². The van der Waals surface area contributed by atoms with Crippen LogP contribution in [0.25, 0.3) is 11.0 Å². The molecule has 0 aliphatic rings. The van der Waals surface area contributed by atoms with Crippen LogP contribution in [0.3, 0.4) is 0 Å². The number of carbonyl (C=O) groups excluding carboxylic acids is 1. The van der Waals surface area contributed by atoms with Crippen molar-refractivity contribution in [1.82, 2.24) is 9.97 Å². The van der Waals surface area contributed by atoms with E-state index >= 15 is 0 Å². The van der Waals surface area contributed by atoms with Gasteiger partial charge in [0.2, 0.25) is 5.91 Å². The highest BCUT2D eigenvalue weighted by Crippen LogP contribution is 2.18. The number of pyridine rings is 2. The Morgan fingerprint density at radius 1 is 1.21 bits per heavy atom. The molecule has 1 N–H and O–H groups in total. The van der Waals surface area contributed by atoms with Gasteiger partial charge in [-0.3, -0.25) is 4.79 Å². The largest absolute Gasteiger partial charge is 0.307 e. The summed E-state index contributed by atoms with van der Waals surface area (Å²) in [6.07, 6.45) is 1.54. The summed E-state index contributed by atoms with van der Waals surface area (Å²) in [6, 6.07) is 5.75. The highest BCUT2D eigenvalue weighted by Gasteiger charge is 2.05. The van der Waals surface area contributed by atoms with Gasteiger partial charge in [-0.05, 0) is 51.5 Å². The zero-order valence-electron chi connectivity index (χ0n) is 11.6. The van der Waals surface area contributed by atoms with Crippen LogP contribution < -0.4 is 5.32 Å². The van der Waals surface area contributed by atoms with E-state index < -0.39 is 0 Å². The number of hydrogen-bond acceptors (Lipinski definition) is 3. The molecule has 0 atom stereocenters. The van der Waals surface area contributed by atoms with Crippen LogP contribution in [0, 0.1) is 13.8 Å². The Hall–Kier alpha value is -2.23. The van der Waals surface area contributed by atoms with Crippen molar-refractivity contribution in [3.63, 3.8) is 0 Å². The van der Waals surface area contributed by atoms with Crippen molar-refractivity contribution >= 4 is 22.8 Å². The molecular weight excluding hydrogens is 238 g/mol. The van der Waals surface area contributed by atoms with Crippen molar-refractivity contribution in [3.05, 3.63) is 41.1 Å². The van der Waals surface area contributed by atoms with Crippen LogP contribution in [-0.4, -0.2) is 15.9 Å². The standard InChI is InChI=1S/C15H17N3O/c1-9(2)7-14(19)17-13-6-5-12-10(3)8-11(4)16-15(12)18-13/h5-8H,1-4H3,(H,16,17,18,19). The number of allylic oxidation sites excluding steroid dienone is 1. The van der Waals surface area contributed by atoms with Crippen LogP contribution in [0.5, 0.6) is 0 Å². The summed E-state index contributed by atoms with van der Waals surface area (Å²) in [5.74, 6) is 0.351. The molecule has 0 bridgehead atoms. The first-order valence-electron chi connectivity index (χ1n) is 6.16. The normalized spacial score (nSPS) is 10.3. The lowest BCUT2D eigenvalue weighted by atomic mass is 10.1. The fourth-order valence-corrected chi connectivity index (χ4v) is 1.93. The minimum Gasteiger partial charge on any atom is -0.307 e. The second-order valence-electron chi connectivity index (χ2n) is 4.86. The number of nitrogens with one attached hydrogen (secondary N) is 1. The van der Waals surface area contributed by atoms with Gasteiger partial charge in [-0.2, -0.15) is 0 Å². The highest BCUT2D eigenvalue weighted by atomic mass is 16.1. The third-order valence-electron chi connectivity index (χ3n) is 2.68. The van der Waals surface area contributed by atoms with E-state index in [9.17, 15) is 4.79 Å². The molecule has 2 aromatic rings. The molecule has 0 saturated heterocycles. The van der Waals surface area contributed by atoms with E-state index in [1.807, 2.05) is 39.8 Å². The predicted molar refractivity (Wildman–Crippen MR) is 77.1 cm³/mol. The Kier molecular flexibility index (Phi) is 3.60. The number of nitrogens with zero attached hydrogens (tertiary/aromatic N) is 2. The first-order valence-corrected chi connectivity index (χ1v) is 6.16. The van der Waals surface area contributed by atoms with Gasteiger partial charge in [0, 0.05) is 17.2 Å². The number of amides is 1. The molecule has 0 unspecified atom stereocenters. The van der Waals surface area contributed by atoms with E-state index in [1.54, 1.807) is 12.1 Å². The fraction of sp³-hybridized carbons (Fsp3) is 0.267. The van der Waals surface area contributed by atoms with Crippen molar-refractivity contribution in [3.8, 4) is 0 Å². The number of hydrogen-bond donors (Lipinski definition) is 1. The molecule has 2 heterocycles. The number of anilines is 1. The number of rotatable bonds is 2. The fourth-order valence-electron chi connectivity index (χ4n) is 1.93. The second-order valence-corrected chi connectivity index (χ2v) is 4.86. The maximum absolute atomic E-state index is 11.6. The van der Waals surface area contributed by atoms with E-state index in [2.05, 4.69) is 15.3 Å². The molecule has 1 amide bonds. The molecule has 2 aromatic heterocycles. The Morgan fingerprint density at radius 3 is 2.63 bits per heavy atom. The number of fused-ring (bicyclic) bond motifs is 1. The summed E-state index contributed by atoms with van der Waals surface area (Å²) >= 11 is 0. The molecule has 0 saturated carbocycles. The summed E-state index contributed by atoms with van der Waals surface area (Å²) in [5, 5.41) is 3.74. The summed E-state index contributed by atoms with van der Waals surface area (Å²) in [4.78, 5) is 20.4. The maximum atomic E-state index is 11.6. The van der Waals surface area contributed by atoms with Gasteiger partial charge in [-0.1, -0.05) is 5.57 Å². The van der Waals surface area contributed by atoms with Crippen molar-refractivity contribution in [2.24, 2.45) is 0 Å². The third-order valence-corrected chi connectivity index (χ3v) is 2.68. The lowest BCUT2D eigenvalue weighted by Gasteiger charge is -2.06. The van der Waals surface area contributed by atoms with E-state index in [4.69, 9.17) is 0 Å². The van der Waals surface area contributed by atoms with Crippen LogP contribution in [-0.2, 0) is 4.79 Å². The first-order chi connectivity index (χ1) is 8.95. The average Bonchev–Trinajstić information content (AvgIpc) is 2.26. The average molecular weight is 255 g/mol. The minimum atomic E-state index is -0.170. The molecule has 0 fully saturated rings. The molecule has 2 rings (SSSR count). The molecule has 0 aromatic carbocycles. The van der Waals surface area contributed by atoms with E-state index in [0.717, 1.165) is 22.2 Å². The third kappa shape index (κ3) is 3.16. The molecule has 19 heavy (non-hydrogen) atoms. The zero-order chi connectivity index (χ0) is 14.0. The van der Waals surface area contributed by atoms with Crippen LogP contribution >= 0.6 is 0 Å². The molecule has 0 spiro atoms. The molecule has 0 aliphatic carbocycles. The Morgan fingerprint density at radius 2 is 1.95 bits per heavy atom. The molecule has 98 valence electrons. The first kappa shape index (κ1) is 13.2. The van der Waals surface area contributed by atoms with E-state index in [0.29, 0.717) is 11.5 Å². The van der Waals surface area contributed by atoms with Crippen molar-refractivity contribution in [2.45, 2.75) is 27.7 Å². The molecular formula is C15H17N3O. The van der Waals surface area contributed by atoms with Gasteiger partial charge < -0.3 is 5.32 Å². The predicted octanol–water partition coefficient (Wildman–Crippen LogP) is 3.15. The van der Waals surface area contributed by atoms with Crippen molar-refractivity contribution < 1.29 is 4.79 Å². The SMILES string of the molecule is CC(C)=CC(=O)Nc1ccc2c(C)cc(C)nc2n1. The van der Waals surface area contributed by atoms with Crippen LogP contribution in [0.15, 0.2) is 29.8 Å². The number of aromatic nitrogens is 2. The Balaban J connectivity index is 2.37. The summed E-state index contributed by atoms with van der Waals surface area (Å²) in [7, 11) is 0. The van der Waals surface area contributed by atoms with E-state index in [-0.39, 0.29) is 5.91 Å². The molecule has 0 radical (unpaired) electrons. The number of aryl methyl sites for hydroxylation is 2. The monoisotopic (exact) mass is 255 g/mol.